The minimum atomic E-state index is -0.371. The smallest absolute Gasteiger partial charge is 0.164 e. The zero-order valence-electron chi connectivity index (χ0n) is 17.3. The number of nitriles is 1. The van der Waals surface area contributed by atoms with Crippen LogP contribution >= 0.6 is 23.2 Å². The van der Waals surface area contributed by atoms with Gasteiger partial charge >= 0.3 is 0 Å². The monoisotopic (exact) mass is 472 g/mol. The molecule has 1 N–H and O–H groups in total. The molecule has 0 aliphatic carbocycles. The van der Waals surface area contributed by atoms with Crippen LogP contribution in [-0.2, 0) is 18.0 Å². The minimum absolute atomic E-state index is 0.0130. The molecule has 0 amide bonds. The van der Waals surface area contributed by atoms with E-state index >= 15 is 0 Å². The van der Waals surface area contributed by atoms with Crippen LogP contribution in [0.5, 0.6) is 5.75 Å². The molecule has 0 unspecified atom stereocenters. The SMILES string of the molecule is COCc1cc(C)nc(N/N=C\c2cc(Cl)c(OCc3ccccc3F)c(Cl)c2)c1C#N. The Bertz CT molecular complexity index is 1170. The van der Waals surface area contributed by atoms with Crippen LogP contribution in [-0.4, -0.2) is 18.3 Å². The van der Waals surface area contributed by atoms with Crippen LogP contribution in [0.25, 0.3) is 0 Å². The second-order valence-electron chi connectivity index (χ2n) is 6.75. The number of rotatable bonds is 8. The highest BCUT2D eigenvalue weighted by atomic mass is 35.5. The van der Waals surface area contributed by atoms with E-state index in [2.05, 4.69) is 21.6 Å². The van der Waals surface area contributed by atoms with E-state index in [-0.39, 0.29) is 34.8 Å². The molecular formula is C23H19Cl2FN4O2. The van der Waals surface area contributed by atoms with Crippen molar-refractivity contribution in [3.63, 3.8) is 0 Å². The van der Waals surface area contributed by atoms with Gasteiger partial charge in [0.25, 0.3) is 0 Å². The van der Waals surface area contributed by atoms with E-state index in [0.717, 1.165) is 5.69 Å². The van der Waals surface area contributed by atoms with Gasteiger partial charge in [0, 0.05) is 23.9 Å². The Kier molecular flexibility index (Phi) is 8.01. The molecule has 0 saturated carbocycles. The highest BCUT2D eigenvalue weighted by molar-refractivity contribution is 6.37. The summed E-state index contributed by atoms with van der Waals surface area (Å²) in [6.45, 7) is 2.08. The van der Waals surface area contributed by atoms with Crippen molar-refractivity contribution in [1.29, 1.82) is 5.26 Å². The Hall–Kier alpha value is -3.18. The molecule has 2 aromatic carbocycles. The van der Waals surface area contributed by atoms with Crippen molar-refractivity contribution in [1.82, 2.24) is 4.98 Å². The summed E-state index contributed by atoms with van der Waals surface area (Å²) in [5.74, 6) is 0.195. The average Bonchev–Trinajstić information content (AvgIpc) is 2.74. The molecular weight excluding hydrogens is 454 g/mol. The van der Waals surface area contributed by atoms with E-state index in [4.69, 9.17) is 32.7 Å². The largest absolute Gasteiger partial charge is 0.486 e. The van der Waals surface area contributed by atoms with E-state index in [1.165, 1.54) is 12.3 Å². The lowest BCUT2D eigenvalue weighted by Gasteiger charge is -2.11. The molecule has 32 heavy (non-hydrogen) atoms. The topological polar surface area (TPSA) is 79.5 Å². The molecule has 9 heteroatoms. The van der Waals surface area contributed by atoms with Gasteiger partial charge < -0.3 is 9.47 Å². The molecule has 164 valence electrons. The van der Waals surface area contributed by atoms with Crippen molar-refractivity contribution in [2.75, 3.05) is 12.5 Å². The van der Waals surface area contributed by atoms with Crippen molar-refractivity contribution in [2.24, 2.45) is 5.10 Å². The van der Waals surface area contributed by atoms with Crippen molar-refractivity contribution < 1.29 is 13.9 Å². The summed E-state index contributed by atoms with van der Waals surface area (Å²) in [6, 6.07) is 13.4. The molecule has 0 aliphatic rings. The maximum absolute atomic E-state index is 13.8. The Morgan fingerprint density at radius 3 is 2.53 bits per heavy atom. The van der Waals surface area contributed by atoms with Crippen molar-refractivity contribution in [2.45, 2.75) is 20.1 Å². The van der Waals surface area contributed by atoms with Gasteiger partial charge in [-0.2, -0.15) is 10.4 Å². The van der Waals surface area contributed by atoms with Gasteiger partial charge in [0.1, 0.15) is 24.1 Å². The minimum Gasteiger partial charge on any atom is -0.486 e. The van der Waals surface area contributed by atoms with Gasteiger partial charge in [0.05, 0.1) is 22.9 Å². The Balaban J connectivity index is 1.75. The quantitative estimate of drug-likeness (QED) is 0.327. The molecule has 0 aliphatic heterocycles. The third kappa shape index (κ3) is 5.74. The fourth-order valence-corrected chi connectivity index (χ4v) is 3.55. The van der Waals surface area contributed by atoms with Gasteiger partial charge in [0.15, 0.2) is 11.6 Å². The molecule has 0 radical (unpaired) electrons. The number of anilines is 1. The third-order valence-corrected chi connectivity index (χ3v) is 4.94. The normalized spacial score (nSPS) is 10.9. The number of ether oxygens (including phenoxy) is 2. The standard InChI is InChI=1S/C23H19Cl2FN4O2/c1-14-7-17(12-31-2)18(10-27)23(29-14)30-28-11-15-8-19(24)22(20(25)9-15)32-13-16-5-3-4-6-21(16)26/h3-9,11H,12-13H2,1-2H3,(H,29,30)/b28-11-. The van der Waals surface area contributed by atoms with E-state index < -0.39 is 0 Å². The van der Waals surface area contributed by atoms with Gasteiger partial charge in [-0.15, -0.1) is 0 Å². The number of hydrazone groups is 1. The summed E-state index contributed by atoms with van der Waals surface area (Å²) >= 11 is 12.6. The van der Waals surface area contributed by atoms with Gasteiger partial charge in [0.2, 0.25) is 0 Å². The van der Waals surface area contributed by atoms with E-state index in [9.17, 15) is 9.65 Å². The number of pyridine rings is 1. The van der Waals surface area contributed by atoms with Crippen LogP contribution in [0.2, 0.25) is 10.0 Å². The number of nitrogens with one attached hydrogen (secondary N) is 1. The van der Waals surface area contributed by atoms with E-state index in [0.29, 0.717) is 28.1 Å². The lowest BCUT2D eigenvalue weighted by atomic mass is 10.1. The van der Waals surface area contributed by atoms with Crippen molar-refractivity contribution in [3.05, 3.63) is 86.3 Å². The lowest BCUT2D eigenvalue weighted by Crippen LogP contribution is -2.03. The number of benzene rings is 2. The third-order valence-electron chi connectivity index (χ3n) is 4.38. The van der Waals surface area contributed by atoms with Crippen LogP contribution in [0.3, 0.4) is 0 Å². The maximum Gasteiger partial charge on any atom is 0.164 e. The maximum atomic E-state index is 13.8. The lowest BCUT2D eigenvalue weighted by molar-refractivity contribution is 0.184. The number of nitrogens with zero attached hydrogens (tertiary/aromatic N) is 3. The number of halogens is 3. The molecule has 1 heterocycles. The van der Waals surface area contributed by atoms with Crippen molar-refractivity contribution >= 4 is 35.2 Å². The zero-order chi connectivity index (χ0) is 23.1. The number of aryl methyl sites for hydroxylation is 1. The molecule has 0 spiro atoms. The number of hydrogen-bond donors (Lipinski definition) is 1. The van der Waals surface area contributed by atoms with Gasteiger partial charge in [-0.05, 0) is 36.8 Å². The Morgan fingerprint density at radius 2 is 1.88 bits per heavy atom. The first-order valence-corrected chi connectivity index (χ1v) is 10.2. The molecule has 6 nitrogen and oxygen atoms in total. The van der Waals surface area contributed by atoms with Crippen LogP contribution < -0.4 is 10.2 Å². The zero-order valence-corrected chi connectivity index (χ0v) is 18.8. The van der Waals surface area contributed by atoms with Gasteiger partial charge in [-0.3, -0.25) is 5.43 Å². The van der Waals surface area contributed by atoms with Crippen LogP contribution in [0.15, 0.2) is 47.6 Å². The molecule has 0 saturated heterocycles. The fraction of sp³-hybridized carbons (Fsp3) is 0.174. The Morgan fingerprint density at radius 1 is 1.16 bits per heavy atom. The van der Waals surface area contributed by atoms with Crippen LogP contribution in [0, 0.1) is 24.1 Å². The van der Waals surface area contributed by atoms with Crippen LogP contribution in [0.1, 0.15) is 27.9 Å². The average molecular weight is 473 g/mol. The summed E-state index contributed by atoms with van der Waals surface area (Å²) in [7, 11) is 1.55. The summed E-state index contributed by atoms with van der Waals surface area (Å²) in [4.78, 5) is 4.32. The molecule has 3 rings (SSSR count). The summed E-state index contributed by atoms with van der Waals surface area (Å²) in [5.41, 5.74) is 5.54. The first-order valence-electron chi connectivity index (χ1n) is 9.46. The first-order chi connectivity index (χ1) is 15.4. The summed E-state index contributed by atoms with van der Waals surface area (Å²) < 4.78 is 24.5. The van der Waals surface area contributed by atoms with E-state index in [1.54, 1.807) is 43.5 Å². The molecule has 3 aromatic rings. The fourth-order valence-electron chi connectivity index (χ4n) is 2.94. The van der Waals surface area contributed by atoms with Gasteiger partial charge in [-0.1, -0.05) is 41.4 Å². The molecule has 0 fully saturated rings. The number of methoxy groups -OCH3 is 1. The highest BCUT2D eigenvalue weighted by Gasteiger charge is 2.12. The van der Waals surface area contributed by atoms with E-state index in [1.807, 2.05) is 6.92 Å². The van der Waals surface area contributed by atoms with Crippen LogP contribution in [0.4, 0.5) is 10.2 Å². The Labute approximate surface area is 195 Å². The predicted octanol–water partition coefficient (Wildman–Crippen LogP) is 5.88. The van der Waals surface area contributed by atoms with Crippen molar-refractivity contribution in [3.8, 4) is 11.8 Å². The molecule has 1 aromatic heterocycles. The summed E-state index contributed by atoms with van der Waals surface area (Å²) in [5, 5.41) is 14.1. The second kappa shape index (κ2) is 10.9. The summed E-state index contributed by atoms with van der Waals surface area (Å²) in [6.07, 6.45) is 1.49. The number of aromatic nitrogens is 1. The predicted molar refractivity (Wildman–Crippen MR) is 123 cm³/mol. The highest BCUT2D eigenvalue weighted by Crippen LogP contribution is 2.34. The first kappa shape index (κ1) is 23.5. The van der Waals surface area contributed by atoms with Gasteiger partial charge in [-0.25, -0.2) is 9.37 Å². The second-order valence-corrected chi connectivity index (χ2v) is 7.57. The number of hydrogen-bond acceptors (Lipinski definition) is 6. The molecule has 0 atom stereocenters. The molecule has 0 bridgehead atoms.